The monoisotopic (exact) mass is 256 g/mol. The van der Waals surface area contributed by atoms with E-state index in [0.717, 1.165) is 0 Å². The molecule has 94 valence electrons. The van der Waals surface area contributed by atoms with Crippen LogP contribution < -0.4 is 16.4 Å². The van der Waals surface area contributed by atoms with Crippen molar-refractivity contribution in [1.82, 2.24) is 10.3 Å². The van der Waals surface area contributed by atoms with Crippen LogP contribution in [0.1, 0.15) is 20.8 Å². The van der Waals surface area contributed by atoms with Crippen molar-refractivity contribution in [3.8, 4) is 0 Å². The standard InChI is InChI=1S/C11H17ClN4O/c1-11(2,3)16-9(17)6-14-10-7(13)4-5-8(12)15-10/h4-5H,6,13H2,1-3H3,(H,14,15)(H,16,17). The van der Waals surface area contributed by atoms with Crippen LogP contribution in [0.4, 0.5) is 11.5 Å². The highest BCUT2D eigenvalue weighted by Crippen LogP contribution is 2.17. The number of halogens is 1. The second kappa shape index (κ2) is 5.23. The lowest BCUT2D eigenvalue weighted by Crippen LogP contribution is -2.43. The second-order valence-corrected chi connectivity index (χ2v) is 5.11. The maximum atomic E-state index is 11.6. The average molecular weight is 257 g/mol. The van der Waals surface area contributed by atoms with Crippen LogP contribution in [0, 0.1) is 0 Å². The number of pyridine rings is 1. The van der Waals surface area contributed by atoms with E-state index in [1.165, 1.54) is 0 Å². The van der Waals surface area contributed by atoms with Gasteiger partial charge in [-0.2, -0.15) is 0 Å². The number of anilines is 2. The Morgan fingerprint density at radius 2 is 2.12 bits per heavy atom. The summed E-state index contributed by atoms with van der Waals surface area (Å²) in [4.78, 5) is 15.5. The minimum Gasteiger partial charge on any atom is -0.396 e. The summed E-state index contributed by atoms with van der Waals surface area (Å²) >= 11 is 5.73. The number of carbonyl (C=O) groups is 1. The third-order valence-corrected chi connectivity index (χ3v) is 2.03. The molecule has 0 aliphatic rings. The summed E-state index contributed by atoms with van der Waals surface area (Å²) in [7, 11) is 0. The summed E-state index contributed by atoms with van der Waals surface area (Å²) < 4.78 is 0. The molecule has 0 fully saturated rings. The summed E-state index contributed by atoms with van der Waals surface area (Å²) in [6.45, 7) is 5.85. The summed E-state index contributed by atoms with van der Waals surface area (Å²) in [5, 5.41) is 6.00. The highest BCUT2D eigenvalue weighted by atomic mass is 35.5. The van der Waals surface area contributed by atoms with Crippen molar-refractivity contribution in [2.45, 2.75) is 26.3 Å². The molecule has 0 unspecified atom stereocenters. The van der Waals surface area contributed by atoms with Gasteiger partial charge in [-0.3, -0.25) is 4.79 Å². The largest absolute Gasteiger partial charge is 0.396 e. The van der Waals surface area contributed by atoms with Gasteiger partial charge in [0.25, 0.3) is 0 Å². The van der Waals surface area contributed by atoms with Crippen LogP contribution in [-0.4, -0.2) is 23.0 Å². The molecule has 0 bridgehead atoms. The van der Waals surface area contributed by atoms with E-state index in [-0.39, 0.29) is 18.0 Å². The fraction of sp³-hybridized carbons (Fsp3) is 0.455. The summed E-state index contributed by atoms with van der Waals surface area (Å²) in [5.74, 6) is 0.292. The van der Waals surface area contributed by atoms with Crippen molar-refractivity contribution in [2.24, 2.45) is 0 Å². The Morgan fingerprint density at radius 3 is 2.71 bits per heavy atom. The first-order valence-electron chi connectivity index (χ1n) is 5.25. The molecule has 0 radical (unpaired) electrons. The van der Waals surface area contributed by atoms with Gasteiger partial charge in [0, 0.05) is 5.54 Å². The fourth-order valence-corrected chi connectivity index (χ4v) is 1.36. The molecule has 0 aliphatic carbocycles. The summed E-state index contributed by atoms with van der Waals surface area (Å²) in [6, 6.07) is 3.23. The van der Waals surface area contributed by atoms with Crippen LogP contribution in [0.15, 0.2) is 12.1 Å². The number of nitrogens with zero attached hydrogens (tertiary/aromatic N) is 1. The first kappa shape index (κ1) is 13.6. The first-order valence-corrected chi connectivity index (χ1v) is 5.62. The predicted molar refractivity (Wildman–Crippen MR) is 70.0 cm³/mol. The van der Waals surface area contributed by atoms with Crippen LogP contribution in [0.2, 0.25) is 5.15 Å². The summed E-state index contributed by atoms with van der Waals surface area (Å²) in [6.07, 6.45) is 0. The topological polar surface area (TPSA) is 80.0 Å². The lowest BCUT2D eigenvalue weighted by Gasteiger charge is -2.20. The minimum atomic E-state index is -0.258. The van der Waals surface area contributed by atoms with Gasteiger partial charge in [0.05, 0.1) is 12.2 Å². The molecular formula is C11H17ClN4O. The number of nitrogens with two attached hydrogens (primary N) is 1. The zero-order valence-corrected chi connectivity index (χ0v) is 10.9. The van der Waals surface area contributed by atoms with Crippen LogP contribution in [-0.2, 0) is 4.79 Å². The van der Waals surface area contributed by atoms with Gasteiger partial charge in [0.15, 0.2) is 5.82 Å². The average Bonchev–Trinajstić information content (AvgIpc) is 2.17. The minimum absolute atomic E-state index is 0.106. The molecule has 1 aromatic rings. The van der Waals surface area contributed by atoms with Crippen LogP contribution >= 0.6 is 11.6 Å². The third kappa shape index (κ3) is 4.91. The van der Waals surface area contributed by atoms with Crippen molar-refractivity contribution < 1.29 is 4.79 Å². The van der Waals surface area contributed by atoms with E-state index in [1.807, 2.05) is 20.8 Å². The molecule has 4 N–H and O–H groups in total. The quantitative estimate of drug-likeness (QED) is 0.719. The van der Waals surface area contributed by atoms with Crippen molar-refractivity contribution in [2.75, 3.05) is 17.6 Å². The lowest BCUT2D eigenvalue weighted by atomic mass is 10.1. The second-order valence-electron chi connectivity index (χ2n) is 4.72. The molecule has 1 heterocycles. The zero-order valence-electron chi connectivity index (χ0n) is 10.2. The number of nitrogen functional groups attached to an aromatic ring is 1. The van der Waals surface area contributed by atoms with Gasteiger partial charge in [-0.15, -0.1) is 0 Å². The molecule has 0 aliphatic heterocycles. The Kier molecular flexibility index (Phi) is 4.17. The predicted octanol–water partition coefficient (Wildman–Crippen LogP) is 1.64. The van der Waals surface area contributed by atoms with E-state index in [2.05, 4.69) is 15.6 Å². The SMILES string of the molecule is CC(C)(C)NC(=O)CNc1nc(Cl)ccc1N. The fourth-order valence-electron chi connectivity index (χ4n) is 1.21. The van der Waals surface area contributed by atoms with E-state index in [0.29, 0.717) is 16.7 Å². The molecule has 0 atom stereocenters. The van der Waals surface area contributed by atoms with Crippen molar-refractivity contribution in [1.29, 1.82) is 0 Å². The molecule has 6 heteroatoms. The number of carbonyl (C=O) groups excluding carboxylic acids is 1. The van der Waals surface area contributed by atoms with Gasteiger partial charge >= 0.3 is 0 Å². The molecule has 17 heavy (non-hydrogen) atoms. The molecule has 1 amide bonds. The van der Waals surface area contributed by atoms with E-state index < -0.39 is 0 Å². The molecule has 1 rings (SSSR count). The number of hydrogen-bond donors (Lipinski definition) is 3. The zero-order chi connectivity index (χ0) is 13.1. The molecule has 0 saturated carbocycles. The van der Waals surface area contributed by atoms with Crippen LogP contribution in [0.3, 0.4) is 0 Å². The number of hydrogen-bond acceptors (Lipinski definition) is 4. The van der Waals surface area contributed by atoms with Gasteiger partial charge in [-0.1, -0.05) is 11.6 Å². The highest BCUT2D eigenvalue weighted by molar-refractivity contribution is 6.29. The Bertz CT molecular complexity index is 414. The Balaban J connectivity index is 2.56. The first-order chi connectivity index (χ1) is 7.78. The number of nitrogens with one attached hydrogen (secondary N) is 2. The molecule has 0 saturated heterocycles. The van der Waals surface area contributed by atoms with Gasteiger partial charge < -0.3 is 16.4 Å². The molecule has 1 aromatic heterocycles. The van der Waals surface area contributed by atoms with E-state index in [9.17, 15) is 4.79 Å². The number of amides is 1. The van der Waals surface area contributed by atoms with Gasteiger partial charge in [-0.25, -0.2) is 4.98 Å². The molecule has 0 spiro atoms. The van der Waals surface area contributed by atoms with Crippen LogP contribution in [0.5, 0.6) is 0 Å². The number of aromatic nitrogens is 1. The maximum absolute atomic E-state index is 11.6. The van der Waals surface area contributed by atoms with Gasteiger partial charge in [0.1, 0.15) is 5.15 Å². The highest BCUT2D eigenvalue weighted by Gasteiger charge is 2.13. The maximum Gasteiger partial charge on any atom is 0.239 e. The van der Waals surface area contributed by atoms with E-state index in [1.54, 1.807) is 12.1 Å². The summed E-state index contributed by atoms with van der Waals surface area (Å²) in [5.41, 5.74) is 5.89. The lowest BCUT2D eigenvalue weighted by molar-refractivity contribution is -0.120. The smallest absolute Gasteiger partial charge is 0.239 e. The molecular weight excluding hydrogens is 240 g/mol. The number of rotatable bonds is 3. The Hall–Kier alpha value is -1.49. The van der Waals surface area contributed by atoms with Gasteiger partial charge in [-0.05, 0) is 32.9 Å². The third-order valence-electron chi connectivity index (χ3n) is 1.82. The molecule has 0 aromatic carbocycles. The van der Waals surface area contributed by atoms with Crippen molar-refractivity contribution in [3.63, 3.8) is 0 Å². The van der Waals surface area contributed by atoms with Crippen molar-refractivity contribution >= 4 is 29.0 Å². The Morgan fingerprint density at radius 1 is 1.47 bits per heavy atom. The van der Waals surface area contributed by atoms with E-state index >= 15 is 0 Å². The molecule has 5 nitrogen and oxygen atoms in total. The normalized spacial score (nSPS) is 11.1. The van der Waals surface area contributed by atoms with Crippen LogP contribution in [0.25, 0.3) is 0 Å². The van der Waals surface area contributed by atoms with E-state index in [4.69, 9.17) is 17.3 Å². The van der Waals surface area contributed by atoms with Gasteiger partial charge in [0.2, 0.25) is 5.91 Å². The Labute approximate surface area is 106 Å². The van der Waals surface area contributed by atoms with Crippen molar-refractivity contribution in [3.05, 3.63) is 17.3 Å².